The summed E-state index contributed by atoms with van der Waals surface area (Å²) in [4.78, 5) is 10.8. The second kappa shape index (κ2) is 3.80. The van der Waals surface area contributed by atoms with E-state index in [-0.39, 0.29) is 0 Å². The Hall–Kier alpha value is -1.53. The molecular weight excluding hydrogens is 238 g/mol. The minimum atomic E-state index is -6.04. The fourth-order valence-electron chi connectivity index (χ4n) is 0.943. The van der Waals surface area contributed by atoms with Crippen LogP contribution >= 0.6 is 0 Å². The van der Waals surface area contributed by atoms with Gasteiger partial charge in [0.1, 0.15) is 5.82 Å². The number of ketones is 1. The van der Waals surface area contributed by atoms with Gasteiger partial charge >= 0.3 is 12.1 Å². The summed E-state index contributed by atoms with van der Waals surface area (Å²) in [6.07, 6.45) is -6.04. The van der Waals surface area contributed by atoms with Crippen LogP contribution in [0.2, 0.25) is 0 Å². The number of halogens is 6. The maximum absolute atomic E-state index is 12.8. The Labute approximate surface area is 85.7 Å². The molecule has 0 saturated heterocycles. The Bertz CT molecular complexity index is 409. The van der Waals surface area contributed by atoms with Crippen LogP contribution < -0.4 is 0 Å². The van der Waals surface area contributed by atoms with Gasteiger partial charge in [0.15, 0.2) is 0 Å². The van der Waals surface area contributed by atoms with E-state index >= 15 is 0 Å². The molecule has 0 atom stereocenters. The third kappa shape index (κ3) is 2.02. The summed E-state index contributed by atoms with van der Waals surface area (Å²) in [5.74, 6) is -9.61. The van der Waals surface area contributed by atoms with Crippen LogP contribution in [0, 0.1) is 5.82 Å². The molecule has 0 saturated carbocycles. The first-order valence-electron chi connectivity index (χ1n) is 3.92. The first-order chi connectivity index (χ1) is 7.18. The van der Waals surface area contributed by atoms with Crippen molar-refractivity contribution in [2.45, 2.75) is 12.1 Å². The molecule has 0 heterocycles. The molecule has 0 aliphatic rings. The summed E-state index contributed by atoms with van der Waals surface area (Å²) in [7, 11) is 0. The highest BCUT2D eigenvalue weighted by Crippen LogP contribution is 2.38. The lowest BCUT2D eigenvalue weighted by Crippen LogP contribution is -2.44. The molecule has 16 heavy (non-hydrogen) atoms. The van der Waals surface area contributed by atoms with Gasteiger partial charge in [-0.2, -0.15) is 22.0 Å². The van der Waals surface area contributed by atoms with Crippen molar-refractivity contribution in [1.29, 1.82) is 0 Å². The Kier molecular flexibility index (Phi) is 2.98. The number of carbonyl (C=O) groups excluding carboxylic acids is 1. The summed E-state index contributed by atoms with van der Waals surface area (Å²) >= 11 is 0. The molecule has 1 nitrogen and oxygen atoms in total. The zero-order chi connectivity index (χ0) is 12.6. The zero-order valence-electron chi connectivity index (χ0n) is 7.49. The van der Waals surface area contributed by atoms with E-state index in [2.05, 4.69) is 0 Å². The van der Waals surface area contributed by atoms with Crippen molar-refractivity contribution in [1.82, 2.24) is 0 Å². The van der Waals surface area contributed by atoms with Crippen LogP contribution in [0.4, 0.5) is 26.3 Å². The summed E-state index contributed by atoms with van der Waals surface area (Å²) < 4.78 is 73.4. The van der Waals surface area contributed by atoms with E-state index in [4.69, 9.17) is 0 Å². The van der Waals surface area contributed by atoms with Crippen LogP contribution in [-0.2, 0) is 0 Å². The van der Waals surface area contributed by atoms with Gasteiger partial charge in [0.25, 0.3) is 0 Å². The molecule has 0 spiro atoms. The first kappa shape index (κ1) is 12.5. The van der Waals surface area contributed by atoms with Crippen molar-refractivity contribution in [3.63, 3.8) is 0 Å². The molecule has 0 aromatic heterocycles. The Morgan fingerprint density at radius 1 is 1.00 bits per heavy atom. The highest BCUT2D eigenvalue weighted by atomic mass is 19.4. The Morgan fingerprint density at radius 3 is 1.94 bits per heavy atom. The second-order valence-electron chi connectivity index (χ2n) is 2.88. The number of hydrogen-bond donors (Lipinski definition) is 0. The van der Waals surface area contributed by atoms with Crippen LogP contribution in [0.1, 0.15) is 10.4 Å². The van der Waals surface area contributed by atoms with Gasteiger partial charge in [-0.15, -0.1) is 0 Å². The highest BCUT2D eigenvalue weighted by molar-refractivity contribution is 6.02. The number of Topliss-reactive ketones (excluding diaryl/α,β-unsaturated/α-hetero) is 1. The van der Waals surface area contributed by atoms with Crippen molar-refractivity contribution in [2.75, 3.05) is 0 Å². The lowest BCUT2D eigenvalue weighted by molar-refractivity contribution is -0.255. The topological polar surface area (TPSA) is 17.1 Å². The molecule has 0 N–H and O–H groups in total. The Morgan fingerprint density at radius 2 is 1.50 bits per heavy atom. The summed E-state index contributed by atoms with van der Waals surface area (Å²) in [6, 6.07) is 3.25. The molecule has 88 valence electrons. The van der Waals surface area contributed by atoms with Crippen LogP contribution in [0.5, 0.6) is 0 Å². The van der Waals surface area contributed by atoms with Crippen LogP contribution in [-0.4, -0.2) is 17.9 Å². The highest BCUT2D eigenvalue weighted by Gasteiger charge is 2.63. The van der Waals surface area contributed by atoms with Crippen LogP contribution in [0.3, 0.4) is 0 Å². The number of rotatable bonds is 2. The van der Waals surface area contributed by atoms with E-state index < -0.39 is 29.3 Å². The van der Waals surface area contributed by atoms with Crippen molar-refractivity contribution >= 4 is 5.78 Å². The van der Waals surface area contributed by atoms with Gasteiger partial charge in [-0.1, -0.05) is 12.1 Å². The van der Waals surface area contributed by atoms with Gasteiger partial charge in [-0.25, -0.2) is 4.39 Å². The van der Waals surface area contributed by atoms with Gasteiger partial charge in [-0.3, -0.25) is 4.79 Å². The van der Waals surface area contributed by atoms with Gasteiger partial charge < -0.3 is 0 Å². The quantitative estimate of drug-likeness (QED) is 0.574. The molecule has 7 heteroatoms. The summed E-state index contributed by atoms with van der Waals surface area (Å²) in [5.41, 5.74) is -1.29. The summed E-state index contributed by atoms with van der Waals surface area (Å²) in [5, 5.41) is 0. The normalized spacial score (nSPS) is 12.6. The molecular formula is C9H4F6O. The first-order valence-corrected chi connectivity index (χ1v) is 3.92. The standard InChI is InChI=1S/C9H4F6O/c10-6-4-2-1-3-5(6)7(16)8(11,12)9(13,14)15/h1-4H. The zero-order valence-corrected chi connectivity index (χ0v) is 7.49. The van der Waals surface area contributed by atoms with Gasteiger partial charge in [0, 0.05) is 0 Å². The van der Waals surface area contributed by atoms with Crippen LogP contribution in [0.25, 0.3) is 0 Å². The average molecular weight is 242 g/mol. The number of hydrogen-bond acceptors (Lipinski definition) is 1. The van der Waals surface area contributed by atoms with E-state index in [1.54, 1.807) is 0 Å². The molecule has 0 fully saturated rings. The molecule has 0 bridgehead atoms. The van der Waals surface area contributed by atoms with E-state index in [1.807, 2.05) is 0 Å². The van der Waals surface area contributed by atoms with E-state index in [1.165, 1.54) is 0 Å². The second-order valence-corrected chi connectivity index (χ2v) is 2.88. The SMILES string of the molecule is O=C(c1ccccc1F)C(F)(F)C(F)(F)F. The smallest absolute Gasteiger partial charge is 0.287 e. The summed E-state index contributed by atoms with van der Waals surface area (Å²) in [6.45, 7) is 0. The fourth-order valence-corrected chi connectivity index (χ4v) is 0.943. The number of benzene rings is 1. The van der Waals surface area contributed by atoms with Crippen LogP contribution in [0.15, 0.2) is 24.3 Å². The molecule has 0 amide bonds. The minimum Gasteiger partial charge on any atom is -0.287 e. The molecule has 0 aliphatic heterocycles. The maximum atomic E-state index is 12.8. The lowest BCUT2D eigenvalue weighted by Gasteiger charge is -2.18. The lowest BCUT2D eigenvalue weighted by atomic mass is 10.0. The molecule has 0 aliphatic carbocycles. The van der Waals surface area contributed by atoms with Gasteiger partial charge in [0.05, 0.1) is 5.56 Å². The van der Waals surface area contributed by atoms with Gasteiger partial charge in [0.2, 0.25) is 5.78 Å². The molecule has 1 rings (SSSR count). The van der Waals surface area contributed by atoms with Crippen molar-refractivity contribution in [2.24, 2.45) is 0 Å². The van der Waals surface area contributed by atoms with Gasteiger partial charge in [-0.05, 0) is 12.1 Å². The Balaban J connectivity index is 3.18. The minimum absolute atomic E-state index is 0.567. The molecule has 1 aromatic carbocycles. The molecule has 0 radical (unpaired) electrons. The van der Waals surface area contributed by atoms with Crippen molar-refractivity contribution in [3.8, 4) is 0 Å². The largest absolute Gasteiger partial charge is 0.461 e. The third-order valence-corrected chi connectivity index (χ3v) is 1.76. The van der Waals surface area contributed by atoms with E-state index in [9.17, 15) is 31.1 Å². The number of carbonyl (C=O) groups is 1. The maximum Gasteiger partial charge on any atom is 0.461 e. The fraction of sp³-hybridized carbons (Fsp3) is 0.222. The predicted molar refractivity (Wildman–Crippen MR) is 41.7 cm³/mol. The average Bonchev–Trinajstić information content (AvgIpc) is 2.15. The predicted octanol–water partition coefficient (Wildman–Crippen LogP) is 3.21. The van der Waals surface area contributed by atoms with Crippen molar-refractivity contribution < 1.29 is 31.1 Å². The molecule has 0 unspecified atom stereocenters. The van der Waals surface area contributed by atoms with E-state index in [0.29, 0.717) is 12.1 Å². The third-order valence-electron chi connectivity index (χ3n) is 1.76. The molecule has 1 aromatic rings. The van der Waals surface area contributed by atoms with Crippen molar-refractivity contribution in [3.05, 3.63) is 35.6 Å². The monoisotopic (exact) mass is 242 g/mol. The number of alkyl halides is 5. The van der Waals surface area contributed by atoms with E-state index in [0.717, 1.165) is 12.1 Å².